The Bertz CT molecular complexity index is 459. The van der Waals surface area contributed by atoms with Gasteiger partial charge in [0.1, 0.15) is 0 Å². The molecule has 0 radical (unpaired) electrons. The van der Waals surface area contributed by atoms with Gasteiger partial charge in [-0.15, -0.1) is 0 Å². The number of nitrogens with zero attached hydrogens (tertiary/aromatic N) is 3. The van der Waals surface area contributed by atoms with Crippen LogP contribution in [-0.4, -0.2) is 29.1 Å². The third kappa shape index (κ3) is 2.59. The summed E-state index contributed by atoms with van der Waals surface area (Å²) < 4.78 is 0. The minimum Gasteiger partial charge on any atom is -0.339 e. The van der Waals surface area contributed by atoms with Crippen molar-refractivity contribution in [3.63, 3.8) is 0 Å². The number of rotatable bonds is 1. The molecular formula is C15H24N4. The van der Waals surface area contributed by atoms with E-state index in [4.69, 9.17) is 10.7 Å². The molecule has 104 valence electrons. The normalized spacial score (nSPS) is 31.1. The third-order valence-electron chi connectivity index (χ3n) is 4.42. The maximum Gasteiger partial charge on any atom is 0.225 e. The van der Waals surface area contributed by atoms with E-state index in [2.05, 4.69) is 23.7 Å². The van der Waals surface area contributed by atoms with Crippen LogP contribution in [0.2, 0.25) is 0 Å². The highest BCUT2D eigenvalue weighted by atomic mass is 15.3. The summed E-state index contributed by atoms with van der Waals surface area (Å²) in [5.74, 6) is 2.19. The summed E-state index contributed by atoms with van der Waals surface area (Å²) in [5, 5.41) is 0. The molecule has 3 rings (SSSR count). The van der Waals surface area contributed by atoms with E-state index < -0.39 is 0 Å². The summed E-state index contributed by atoms with van der Waals surface area (Å²) in [6.45, 7) is 6.53. The quantitative estimate of drug-likeness (QED) is 0.840. The van der Waals surface area contributed by atoms with Crippen molar-refractivity contribution >= 4 is 5.95 Å². The third-order valence-corrected chi connectivity index (χ3v) is 4.42. The number of hydrogen-bond acceptors (Lipinski definition) is 4. The second-order valence-electron chi connectivity index (χ2n) is 6.37. The summed E-state index contributed by atoms with van der Waals surface area (Å²) in [6, 6.07) is 0.269. The minimum absolute atomic E-state index is 0.269. The van der Waals surface area contributed by atoms with E-state index >= 15 is 0 Å². The number of anilines is 1. The monoisotopic (exact) mass is 260 g/mol. The first-order chi connectivity index (χ1) is 9.13. The van der Waals surface area contributed by atoms with Crippen molar-refractivity contribution in [3.8, 4) is 0 Å². The molecule has 0 aromatic carbocycles. The lowest BCUT2D eigenvalue weighted by Crippen LogP contribution is -2.43. The van der Waals surface area contributed by atoms with Gasteiger partial charge in [0.15, 0.2) is 0 Å². The Morgan fingerprint density at radius 3 is 3.00 bits per heavy atom. The zero-order valence-corrected chi connectivity index (χ0v) is 12.0. The van der Waals surface area contributed by atoms with Crippen LogP contribution in [0.15, 0.2) is 6.20 Å². The van der Waals surface area contributed by atoms with E-state index in [1.165, 1.54) is 17.7 Å². The topological polar surface area (TPSA) is 55.0 Å². The van der Waals surface area contributed by atoms with Crippen LogP contribution >= 0.6 is 0 Å². The fourth-order valence-electron chi connectivity index (χ4n) is 3.51. The molecule has 2 aliphatic rings. The van der Waals surface area contributed by atoms with Gasteiger partial charge in [-0.25, -0.2) is 9.97 Å². The molecule has 1 aliphatic heterocycles. The Hall–Kier alpha value is -1.16. The molecule has 0 bridgehead atoms. The predicted octanol–water partition coefficient (Wildman–Crippen LogP) is 2.09. The van der Waals surface area contributed by atoms with Crippen LogP contribution in [0.25, 0.3) is 0 Å². The van der Waals surface area contributed by atoms with Crippen LogP contribution in [0.3, 0.4) is 0 Å². The average molecular weight is 260 g/mol. The van der Waals surface area contributed by atoms with E-state index in [1.54, 1.807) is 0 Å². The molecule has 0 spiro atoms. The molecule has 1 aromatic rings. The summed E-state index contributed by atoms with van der Waals surface area (Å²) >= 11 is 0. The highest BCUT2D eigenvalue weighted by Crippen LogP contribution is 2.33. The van der Waals surface area contributed by atoms with Gasteiger partial charge in [-0.05, 0) is 43.1 Å². The molecule has 1 fully saturated rings. The number of fused-ring (bicyclic) bond motifs is 1. The van der Waals surface area contributed by atoms with Crippen molar-refractivity contribution in [2.75, 3.05) is 18.0 Å². The Morgan fingerprint density at radius 1 is 1.37 bits per heavy atom. The molecule has 19 heavy (non-hydrogen) atoms. The Kier molecular flexibility index (Phi) is 3.44. The zero-order chi connectivity index (χ0) is 13.4. The Balaban J connectivity index is 1.86. The van der Waals surface area contributed by atoms with Crippen molar-refractivity contribution in [2.45, 2.75) is 51.5 Å². The highest BCUT2D eigenvalue weighted by molar-refractivity contribution is 5.36. The van der Waals surface area contributed by atoms with E-state index in [9.17, 15) is 0 Å². The molecular weight excluding hydrogens is 236 g/mol. The van der Waals surface area contributed by atoms with Gasteiger partial charge in [0.05, 0.1) is 5.69 Å². The van der Waals surface area contributed by atoms with Crippen LogP contribution in [0.4, 0.5) is 5.95 Å². The SMILES string of the molecule is CC1Cc2cnc(N3CCCC(N)C3)nc2C(C)C1. The van der Waals surface area contributed by atoms with Gasteiger partial charge in [-0.1, -0.05) is 13.8 Å². The van der Waals surface area contributed by atoms with Crippen molar-refractivity contribution < 1.29 is 0 Å². The first kappa shape index (κ1) is 12.9. The van der Waals surface area contributed by atoms with Crippen molar-refractivity contribution in [2.24, 2.45) is 11.7 Å². The largest absolute Gasteiger partial charge is 0.339 e. The van der Waals surface area contributed by atoms with Crippen molar-refractivity contribution in [3.05, 3.63) is 17.5 Å². The molecule has 1 aromatic heterocycles. The van der Waals surface area contributed by atoms with Crippen molar-refractivity contribution in [1.82, 2.24) is 9.97 Å². The number of aromatic nitrogens is 2. The first-order valence-electron chi connectivity index (χ1n) is 7.50. The maximum absolute atomic E-state index is 6.05. The fourth-order valence-corrected chi connectivity index (χ4v) is 3.51. The standard InChI is InChI=1S/C15H24N4/c1-10-6-11(2)14-12(7-10)8-17-15(18-14)19-5-3-4-13(16)9-19/h8,10-11,13H,3-7,9,16H2,1-2H3. The molecule has 0 saturated carbocycles. The Morgan fingerprint density at radius 2 is 2.21 bits per heavy atom. The smallest absolute Gasteiger partial charge is 0.225 e. The van der Waals surface area contributed by atoms with Gasteiger partial charge >= 0.3 is 0 Å². The summed E-state index contributed by atoms with van der Waals surface area (Å²) in [7, 11) is 0. The second-order valence-corrected chi connectivity index (χ2v) is 6.37. The van der Waals surface area contributed by atoms with Gasteiger partial charge in [-0.3, -0.25) is 0 Å². The van der Waals surface area contributed by atoms with Gasteiger partial charge in [-0.2, -0.15) is 0 Å². The summed E-state index contributed by atoms with van der Waals surface area (Å²) in [6.07, 6.45) is 6.68. The lowest BCUT2D eigenvalue weighted by atomic mass is 9.82. The number of hydrogen-bond donors (Lipinski definition) is 1. The zero-order valence-electron chi connectivity index (χ0n) is 12.0. The van der Waals surface area contributed by atoms with Gasteiger partial charge in [0.25, 0.3) is 0 Å². The first-order valence-corrected chi connectivity index (χ1v) is 7.50. The van der Waals surface area contributed by atoms with Gasteiger partial charge < -0.3 is 10.6 Å². The predicted molar refractivity (Wildman–Crippen MR) is 77.4 cm³/mol. The molecule has 1 aliphatic carbocycles. The number of nitrogens with two attached hydrogens (primary N) is 1. The minimum atomic E-state index is 0.269. The molecule has 3 unspecified atom stereocenters. The van der Waals surface area contributed by atoms with Crippen LogP contribution in [0, 0.1) is 5.92 Å². The molecule has 4 heteroatoms. The fraction of sp³-hybridized carbons (Fsp3) is 0.733. The summed E-state index contributed by atoms with van der Waals surface area (Å²) in [5.41, 5.74) is 8.66. The molecule has 0 amide bonds. The van der Waals surface area contributed by atoms with Crippen LogP contribution in [0.5, 0.6) is 0 Å². The summed E-state index contributed by atoms with van der Waals surface area (Å²) in [4.78, 5) is 11.7. The molecule has 3 atom stereocenters. The average Bonchev–Trinajstić information content (AvgIpc) is 2.38. The van der Waals surface area contributed by atoms with E-state index in [0.29, 0.717) is 5.92 Å². The lowest BCUT2D eigenvalue weighted by molar-refractivity contribution is 0.437. The van der Waals surface area contributed by atoms with Gasteiger partial charge in [0.2, 0.25) is 5.95 Å². The van der Waals surface area contributed by atoms with Crippen LogP contribution in [0.1, 0.15) is 50.3 Å². The molecule has 2 N–H and O–H groups in total. The Labute approximate surface area is 115 Å². The van der Waals surface area contributed by atoms with E-state index in [-0.39, 0.29) is 6.04 Å². The van der Waals surface area contributed by atoms with Crippen molar-refractivity contribution in [1.29, 1.82) is 0 Å². The molecule has 4 nitrogen and oxygen atoms in total. The maximum atomic E-state index is 6.05. The van der Waals surface area contributed by atoms with Crippen LogP contribution < -0.4 is 10.6 Å². The van der Waals surface area contributed by atoms with Crippen LogP contribution in [-0.2, 0) is 6.42 Å². The lowest BCUT2D eigenvalue weighted by Gasteiger charge is -2.32. The second kappa shape index (κ2) is 5.08. The van der Waals surface area contributed by atoms with Gasteiger partial charge in [0, 0.05) is 25.3 Å². The highest BCUT2D eigenvalue weighted by Gasteiger charge is 2.25. The molecule has 1 saturated heterocycles. The number of piperidine rings is 1. The van der Waals surface area contributed by atoms with E-state index in [1.807, 2.05) is 6.20 Å². The van der Waals surface area contributed by atoms with E-state index in [0.717, 1.165) is 44.2 Å². The molecule has 2 heterocycles.